The quantitative estimate of drug-likeness (QED) is 0.114. The van der Waals surface area contributed by atoms with Crippen molar-refractivity contribution in [2.45, 2.75) is 71.6 Å². The summed E-state index contributed by atoms with van der Waals surface area (Å²) >= 11 is 0. The SMILES string of the molecule is CCC(C)c1ccc(-c2cc(C#N)c(OC(=O)C3CC(C=O)CC(C(=O)Oc4cnc(-c5ccc(C(C)CC)cc5)cc4C#N)C3)cn2)cc1. The van der Waals surface area contributed by atoms with Gasteiger partial charge < -0.3 is 14.3 Å². The summed E-state index contributed by atoms with van der Waals surface area (Å²) in [5, 5.41) is 19.7. The Labute approximate surface area is 292 Å². The van der Waals surface area contributed by atoms with Crippen LogP contribution in [0.5, 0.6) is 11.5 Å². The Morgan fingerprint density at radius 3 is 1.48 bits per heavy atom. The van der Waals surface area contributed by atoms with Crippen molar-refractivity contribution < 1.29 is 23.9 Å². The van der Waals surface area contributed by atoms with Crippen LogP contribution in [0.1, 0.15) is 93.9 Å². The summed E-state index contributed by atoms with van der Waals surface area (Å²) in [5.41, 5.74) is 5.49. The number of esters is 2. The maximum Gasteiger partial charge on any atom is 0.314 e. The van der Waals surface area contributed by atoms with E-state index in [9.17, 15) is 24.9 Å². The van der Waals surface area contributed by atoms with E-state index in [4.69, 9.17) is 9.47 Å². The summed E-state index contributed by atoms with van der Waals surface area (Å²) in [6.07, 6.45) is 5.93. The minimum absolute atomic E-state index is 0.00386. The first-order valence-electron chi connectivity index (χ1n) is 17.1. The molecule has 0 radical (unpaired) electrons. The molecule has 0 saturated heterocycles. The Bertz CT molecular complexity index is 1800. The fraction of sp³-hybridized carbons (Fsp3) is 0.341. The average Bonchev–Trinajstić information content (AvgIpc) is 3.17. The summed E-state index contributed by atoms with van der Waals surface area (Å²) in [4.78, 5) is 47.5. The van der Waals surface area contributed by atoms with Crippen molar-refractivity contribution in [3.63, 3.8) is 0 Å². The van der Waals surface area contributed by atoms with Crippen molar-refractivity contribution in [3.05, 3.63) is 95.3 Å². The molecule has 1 aliphatic carbocycles. The third-order valence-electron chi connectivity index (χ3n) is 9.78. The molecule has 50 heavy (non-hydrogen) atoms. The van der Waals surface area contributed by atoms with E-state index >= 15 is 0 Å². The number of nitrogens with zero attached hydrogens (tertiary/aromatic N) is 4. The maximum absolute atomic E-state index is 13.4. The smallest absolute Gasteiger partial charge is 0.314 e. The number of rotatable bonds is 11. The van der Waals surface area contributed by atoms with E-state index in [1.807, 2.05) is 48.5 Å². The maximum atomic E-state index is 13.4. The molecule has 9 nitrogen and oxygen atoms in total. The van der Waals surface area contributed by atoms with E-state index in [2.05, 4.69) is 49.8 Å². The summed E-state index contributed by atoms with van der Waals surface area (Å²) in [6.45, 7) is 8.59. The van der Waals surface area contributed by atoms with Crippen LogP contribution < -0.4 is 9.47 Å². The average molecular weight is 669 g/mol. The Morgan fingerprint density at radius 1 is 0.740 bits per heavy atom. The highest BCUT2D eigenvalue weighted by molar-refractivity contribution is 5.81. The molecule has 4 unspecified atom stereocenters. The molecule has 4 atom stereocenters. The predicted octanol–water partition coefficient (Wildman–Crippen LogP) is 8.32. The van der Waals surface area contributed by atoms with Crippen LogP contribution in [0.3, 0.4) is 0 Å². The number of pyridine rings is 2. The van der Waals surface area contributed by atoms with E-state index in [1.165, 1.54) is 23.5 Å². The van der Waals surface area contributed by atoms with Crippen LogP contribution in [0.15, 0.2) is 73.1 Å². The Balaban J connectivity index is 1.27. The summed E-state index contributed by atoms with van der Waals surface area (Å²) < 4.78 is 11.3. The van der Waals surface area contributed by atoms with Crippen LogP contribution >= 0.6 is 0 Å². The van der Waals surface area contributed by atoms with Gasteiger partial charge in [-0.2, -0.15) is 10.5 Å². The van der Waals surface area contributed by atoms with Gasteiger partial charge in [0.2, 0.25) is 0 Å². The van der Waals surface area contributed by atoms with E-state index < -0.39 is 29.7 Å². The lowest BCUT2D eigenvalue weighted by molar-refractivity contribution is -0.146. The van der Waals surface area contributed by atoms with Gasteiger partial charge in [-0.1, -0.05) is 76.2 Å². The molecule has 1 saturated carbocycles. The number of carbonyl (C=O) groups excluding carboxylic acids is 3. The molecule has 5 rings (SSSR count). The second-order valence-corrected chi connectivity index (χ2v) is 13.1. The van der Waals surface area contributed by atoms with Crippen LogP contribution in [0.4, 0.5) is 0 Å². The van der Waals surface area contributed by atoms with Gasteiger partial charge in [0.05, 0.1) is 46.7 Å². The van der Waals surface area contributed by atoms with Crippen molar-refractivity contribution in [2.75, 3.05) is 0 Å². The van der Waals surface area contributed by atoms with Crippen molar-refractivity contribution in [2.24, 2.45) is 17.8 Å². The van der Waals surface area contributed by atoms with Crippen LogP contribution in [0.2, 0.25) is 0 Å². The zero-order valence-corrected chi connectivity index (χ0v) is 28.8. The zero-order chi connectivity index (χ0) is 35.8. The van der Waals surface area contributed by atoms with Gasteiger partial charge in [-0.05, 0) is 67.2 Å². The van der Waals surface area contributed by atoms with Gasteiger partial charge in [0.25, 0.3) is 0 Å². The molecule has 254 valence electrons. The number of aldehydes is 1. The highest BCUT2D eigenvalue weighted by atomic mass is 16.5. The number of ether oxygens (including phenoxy) is 2. The van der Waals surface area contributed by atoms with Gasteiger partial charge in [0, 0.05) is 17.0 Å². The van der Waals surface area contributed by atoms with Crippen LogP contribution in [0.25, 0.3) is 22.5 Å². The monoisotopic (exact) mass is 668 g/mol. The molecule has 2 aromatic heterocycles. The molecule has 9 heteroatoms. The molecule has 0 spiro atoms. The number of benzene rings is 2. The number of aromatic nitrogens is 2. The topological polar surface area (TPSA) is 143 Å². The van der Waals surface area contributed by atoms with E-state index in [-0.39, 0.29) is 41.9 Å². The molecule has 0 aliphatic heterocycles. The Hall–Kier alpha value is -5.67. The van der Waals surface area contributed by atoms with Gasteiger partial charge in [-0.3, -0.25) is 19.6 Å². The molecule has 2 aromatic carbocycles. The molecule has 1 fully saturated rings. The molecule has 0 bridgehead atoms. The minimum atomic E-state index is -0.801. The molecular weight excluding hydrogens is 628 g/mol. The first-order chi connectivity index (χ1) is 24.2. The lowest BCUT2D eigenvalue weighted by atomic mass is 9.75. The van der Waals surface area contributed by atoms with Crippen molar-refractivity contribution in [3.8, 4) is 46.2 Å². The van der Waals surface area contributed by atoms with Gasteiger partial charge in [-0.25, -0.2) is 0 Å². The molecular formula is C41H40N4O5. The van der Waals surface area contributed by atoms with Gasteiger partial charge in [-0.15, -0.1) is 0 Å². The molecule has 4 aromatic rings. The van der Waals surface area contributed by atoms with Gasteiger partial charge >= 0.3 is 11.9 Å². The van der Waals surface area contributed by atoms with Crippen LogP contribution in [-0.2, 0) is 14.4 Å². The third-order valence-corrected chi connectivity index (χ3v) is 9.78. The lowest BCUT2D eigenvalue weighted by Crippen LogP contribution is -2.36. The molecule has 2 heterocycles. The lowest BCUT2D eigenvalue weighted by Gasteiger charge is -2.30. The molecule has 1 aliphatic rings. The number of carbonyl (C=O) groups is 3. The predicted molar refractivity (Wildman–Crippen MR) is 188 cm³/mol. The van der Waals surface area contributed by atoms with E-state index in [0.29, 0.717) is 23.2 Å². The fourth-order valence-electron chi connectivity index (χ4n) is 6.22. The van der Waals surface area contributed by atoms with Gasteiger partial charge in [0.1, 0.15) is 18.4 Å². The number of nitriles is 2. The highest BCUT2D eigenvalue weighted by Gasteiger charge is 2.38. The normalized spacial score (nSPS) is 18.2. The molecule has 0 N–H and O–H groups in total. The van der Waals surface area contributed by atoms with Crippen LogP contribution in [0, 0.1) is 40.4 Å². The van der Waals surface area contributed by atoms with Crippen LogP contribution in [-0.4, -0.2) is 28.2 Å². The molecule has 0 amide bonds. The first kappa shape index (κ1) is 35.6. The largest absolute Gasteiger partial charge is 0.423 e. The Morgan fingerprint density at radius 2 is 1.14 bits per heavy atom. The number of hydrogen-bond acceptors (Lipinski definition) is 9. The van der Waals surface area contributed by atoms with Crippen molar-refractivity contribution in [1.29, 1.82) is 10.5 Å². The third kappa shape index (κ3) is 8.13. The van der Waals surface area contributed by atoms with Crippen molar-refractivity contribution >= 4 is 18.2 Å². The van der Waals surface area contributed by atoms with E-state index in [0.717, 1.165) is 30.3 Å². The summed E-state index contributed by atoms with van der Waals surface area (Å²) in [5.74, 6) is -2.65. The van der Waals surface area contributed by atoms with E-state index in [1.54, 1.807) is 12.1 Å². The summed E-state index contributed by atoms with van der Waals surface area (Å²) in [7, 11) is 0. The summed E-state index contributed by atoms with van der Waals surface area (Å²) in [6, 6.07) is 23.3. The first-order valence-corrected chi connectivity index (χ1v) is 17.1. The van der Waals surface area contributed by atoms with Gasteiger partial charge in [0.15, 0.2) is 11.5 Å². The van der Waals surface area contributed by atoms with Crippen molar-refractivity contribution in [1.82, 2.24) is 9.97 Å². The highest BCUT2D eigenvalue weighted by Crippen LogP contribution is 2.36. The Kier molecular flexibility index (Phi) is 11.5. The minimum Gasteiger partial charge on any atom is -0.423 e. The standard InChI is InChI=1S/C41H40N4O5/c1-5-25(3)28-7-11-30(12-8-28)36-18-34(20-42)38(22-44-36)49-40(47)32-15-27(24-46)16-33(17-32)41(48)50-39-23-45-37(19-35(39)21-43)31-13-9-29(10-14-31)26(4)6-2/h7-14,18-19,22-27,32-33H,5-6,15-17H2,1-4H3. The number of hydrogen-bond donors (Lipinski definition) is 0. The fourth-order valence-corrected chi connectivity index (χ4v) is 6.22. The second kappa shape index (κ2) is 16.2. The second-order valence-electron chi connectivity index (χ2n) is 13.1. The zero-order valence-electron chi connectivity index (χ0n) is 28.8.